The van der Waals surface area contributed by atoms with Crippen LogP contribution >= 0.6 is 0 Å². The van der Waals surface area contributed by atoms with Crippen molar-refractivity contribution in [2.45, 2.75) is 58.4 Å². The Morgan fingerprint density at radius 2 is 2.11 bits per heavy atom. The Labute approximate surface area is 115 Å². The van der Waals surface area contributed by atoms with Gasteiger partial charge in [0.15, 0.2) is 0 Å². The molecule has 0 saturated heterocycles. The Morgan fingerprint density at radius 1 is 1.32 bits per heavy atom. The lowest BCUT2D eigenvalue weighted by atomic mass is 10.1. The van der Waals surface area contributed by atoms with Gasteiger partial charge in [-0.1, -0.05) is 32.6 Å². The quantitative estimate of drug-likeness (QED) is 0.663. The number of amides is 1. The van der Waals surface area contributed by atoms with Crippen molar-refractivity contribution in [1.82, 2.24) is 9.55 Å². The number of imidazole rings is 1. The van der Waals surface area contributed by atoms with E-state index in [4.69, 9.17) is 5.73 Å². The second-order valence-electron chi connectivity index (χ2n) is 4.79. The first-order valence-corrected chi connectivity index (χ1v) is 7.15. The summed E-state index contributed by atoms with van der Waals surface area (Å²) < 4.78 is 6.81. The summed E-state index contributed by atoms with van der Waals surface area (Å²) in [7, 11) is 0. The molecule has 0 fully saturated rings. The maximum atomic E-state index is 10.4. The van der Waals surface area contributed by atoms with Crippen molar-refractivity contribution in [3.8, 4) is 0 Å². The van der Waals surface area contributed by atoms with Crippen LogP contribution in [0.3, 0.4) is 0 Å². The third kappa shape index (κ3) is 7.49. The van der Waals surface area contributed by atoms with E-state index < -0.39 is 6.09 Å². The lowest BCUT2D eigenvalue weighted by molar-refractivity contribution is 0.155. The van der Waals surface area contributed by atoms with Crippen LogP contribution in [-0.2, 0) is 17.7 Å². The van der Waals surface area contributed by atoms with Crippen molar-refractivity contribution >= 4 is 6.09 Å². The molecule has 5 heteroatoms. The molecule has 2 N–H and O–H groups in total. The molecule has 19 heavy (non-hydrogen) atoms. The lowest BCUT2D eigenvalue weighted by Gasteiger charge is -2.01. The zero-order chi connectivity index (χ0) is 13.9. The van der Waals surface area contributed by atoms with Gasteiger partial charge in [0, 0.05) is 12.7 Å². The lowest BCUT2D eigenvalue weighted by Crippen LogP contribution is -2.13. The highest BCUT2D eigenvalue weighted by Gasteiger charge is 2.00. The van der Waals surface area contributed by atoms with Gasteiger partial charge in [0.25, 0.3) is 0 Å². The standard InChI is InChI=1S/C14H25N3O2/c1-2-3-4-5-6-9-17-11-13(16-12-17)8-7-10-19-14(15)18/h11-12H,2-10H2,1H3,(H2,15,18). The summed E-state index contributed by atoms with van der Waals surface area (Å²) in [6.07, 6.45) is 11.2. The second-order valence-corrected chi connectivity index (χ2v) is 4.79. The van der Waals surface area contributed by atoms with E-state index in [0.29, 0.717) is 6.61 Å². The fraction of sp³-hybridized carbons (Fsp3) is 0.714. The molecule has 0 bridgehead atoms. The highest BCUT2D eigenvalue weighted by atomic mass is 16.5. The number of aromatic nitrogens is 2. The third-order valence-electron chi connectivity index (χ3n) is 3.03. The number of nitrogens with two attached hydrogens (primary N) is 1. The van der Waals surface area contributed by atoms with E-state index in [1.165, 1.54) is 32.1 Å². The van der Waals surface area contributed by atoms with Crippen LogP contribution in [0.25, 0.3) is 0 Å². The average molecular weight is 267 g/mol. The predicted molar refractivity (Wildman–Crippen MR) is 74.8 cm³/mol. The number of hydrogen-bond donors (Lipinski definition) is 1. The van der Waals surface area contributed by atoms with E-state index in [2.05, 4.69) is 27.4 Å². The van der Waals surface area contributed by atoms with Crippen molar-refractivity contribution in [3.05, 3.63) is 18.2 Å². The first-order valence-electron chi connectivity index (χ1n) is 7.15. The molecule has 1 rings (SSSR count). The molecule has 1 heterocycles. The van der Waals surface area contributed by atoms with E-state index in [1.54, 1.807) is 0 Å². The summed E-state index contributed by atoms with van der Waals surface area (Å²) >= 11 is 0. The van der Waals surface area contributed by atoms with Crippen LogP contribution < -0.4 is 5.73 Å². The first kappa shape index (κ1) is 15.5. The molecular formula is C14H25N3O2. The van der Waals surface area contributed by atoms with Gasteiger partial charge in [0.1, 0.15) is 0 Å². The van der Waals surface area contributed by atoms with Gasteiger partial charge in [-0.2, -0.15) is 0 Å². The summed E-state index contributed by atoms with van der Waals surface area (Å²) in [5.41, 5.74) is 5.93. The highest BCUT2D eigenvalue weighted by molar-refractivity contribution is 5.64. The highest BCUT2D eigenvalue weighted by Crippen LogP contribution is 2.06. The zero-order valence-electron chi connectivity index (χ0n) is 11.8. The maximum Gasteiger partial charge on any atom is 0.404 e. The van der Waals surface area contributed by atoms with Crippen molar-refractivity contribution in [2.75, 3.05) is 6.61 Å². The number of carbonyl (C=O) groups is 1. The van der Waals surface area contributed by atoms with E-state index in [-0.39, 0.29) is 0 Å². The van der Waals surface area contributed by atoms with E-state index in [1.807, 2.05) is 6.33 Å². The van der Waals surface area contributed by atoms with Crippen LogP contribution in [0.4, 0.5) is 4.79 Å². The minimum atomic E-state index is -0.711. The van der Waals surface area contributed by atoms with Gasteiger partial charge in [0.05, 0.1) is 18.6 Å². The fourth-order valence-corrected chi connectivity index (χ4v) is 1.98. The van der Waals surface area contributed by atoms with Gasteiger partial charge in [-0.15, -0.1) is 0 Å². The Morgan fingerprint density at radius 3 is 2.84 bits per heavy atom. The largest absolute Gasteiger partial charge is 0.450 e. The van der Waals surface area contributed by atoms with E-state index >= 15 is 0 Å². The topological polar surface area (TPSA) is 70.1 Å². The molecule has 0 spiro atoms. The number of rotatable bonds is 10. The molecule has 0 radical (unpaired) electrons. The van der Waals surface area contributed by atoms with E-state index in [0.717, 1.165) is 25.1 Å². The van der Waals surface area contributed by atoms with Crippen LogP contribution in [0.2, 0.25) is 0 Å². The Kier molecular flexibility index (Phi) is 7.70. The molecule has 0 aliphatic rings. The third-order valence-corrected chi connectivity index (χ3v) is 3.03. The van der Waals surface area contributed by atoms with Crippen molar-refractivity contribution in [3.63, 3.8) is 0 Å². The van der Waals surface area contributed by atoms with Gasteiger partial charge in [0.2, 0.25) is 0 Å². The number of primary amides is 1. The van der Waals surface area contributed by atoms with Crippen LogP contribution in [0.1, 0.15) is 51.1 Å². The zero-order valence-corrected chi connectivity index (χ0v) is 11.8. The minimum absolute atomic E-state index is 0.360. The van der Waals surface area contributed by atoms with Gasteiger partial charge >= 0.3 is 6.09 Å². The molecule has 0 unspecified atom stereocenters. The van der Waals surface area contributed by atoms with Gasteiger partial charge in [-0.05, 0) is 19.3 Å². The molecule has 108 valence electrons. The molecular weight excluding hydrogens is 242 g/mol. The molecule has 1 amide bonds. The number of hydrogen-bond acceptors (Lipinski definition) is 3. The van der Waals surface area contributed by atoms with Gasteiger partial charge < -0.3 is 15.0 Å². The smallest absolute Gasteiger partial charge is 0.404 e. The Bertz CT molecular complexity index is 363. The van der Waals surface area contributed by atoms with Crippen LogP contribution in [-0.4, -0.2) is 22.3 Å². The van der Waals surface area contributed by atoms with Crippen molar-refractivity contribution in [2.24, 2.45) is 5.73 Å². The number of unbranched alkanes of at least 4 members (excludes halogenated alkanes) is 4. The Hall–Kier alpha value is -1.52. The summed E-state index contributed by atoms with van der Waals surface area (Å²) in [6, 6.07) is 0. The number of nitrogens with zero attached hydrogens (tertiary/aromatic N) is 2. The molecule has 1 aromatic heterocycles. The van der Waals surface area contributed by atoms with Crippen LogP contribution in [0.5, 0.6) is 0 Å². The summed E-state index contributed by atoms with van der Waals surface area (Å²) in [5, 5.41) is 0. The van der Waals surface area contributed by atoms with Gasteiger partial charge in [-0.25, -0.2) is 9.78 Å². The Balaban J connectivity index is 2.12. The van der Waals surface area contributed by atoms with Crippen molar-refractivity contribution in [1.29, 1.82) is 0 Å². The summed E-state index contributed by atoms with van der Waals surface area (Å²) in [4.78, 5) is 14.7. The number of aryl methyl sites for hydroxylation is 2. The molecule has 0 aliphatic carbocycles. The van der Waals surface area contributed by atoms with Crippen LogP contribution in [0, 0.1) is 0 Å². The maximum absolute atomic E-state index is 10.4. The summed E-state index contributed by atoms with van der Waals surface area (Å²) in [6.45, 7) is 3.62. The molecule has 1 aromatic rings. The predicted octanol–water partition coefficient (Wildman–Crippen LogP) is 2.88. The fourth-order valence-electron chi connectivity index (χ4n) is 1.98. The van der Waals surface area contributed by atoms with Gasteiger partial charge in [-0.3, -0.25) is 0 Å². The molecule has 0 saturated carbocycles. The first-order chi connectivity index (χ1) is 9.22. The second kappa shape index (κ2) is 9.42. The molecule has 0 atom stereocenters. The SMILES string of the molecule is CCCCCCCn1cnc(CCCOC(N)=O)c1. The summed E-state index contributed by atoms with van der Waals surface area (Å²) in [5.74, 6) is 0. The molecule has 0 aliphatic heterocycles. The average Bonchev–Trinajstić information content (AvgIpc) is 2.82. The van der Waals surface area contributed by atoms with Crippen molar-refractivity contribution < 1.29 is 9.53 Å². The normalized spacial score (nSPS) is 10.6. The van der Waals surface area contributed by atoms with E-state index in [9.17, 15) is 4.79 Å². The molecule has 0 aromatic carbocycles. The number of carbonyl (C=O) groups excluding carboxylic acids is 1. The minimum Gasteiger partial charge on any atom is -0.450 e. The van der Waals surface area contributed by atoms with Crippen LogP contribution in [0.15, 0.2) is 12.5 Å². The number of ether oxygens (including phenoxy) is 1. The molecule has 5 nitrogen and oxygen atoms in total. The monoisotopic (exact) mass is 267 g/mol.